The van der Waals surface area contributed by atoms with Gasteiger partial charge in [-0.25, -0.2) is 13.8 Å². The first kappa shape index (κ1) is 12.6. The van der Waals surface area contributed by atoms with Crippen LogP contribution in [0.1, 0.15) is 23.1 Å². The Labute approximate surface area is 87.3 Å². The Hall–Kier alpha value is -1.44. The van der Waals surface area contributed by atoms with Crippen LogP contribution in [0.3, 0.4) is 0 Å². The third-order valence-corrected chi connectivity index (χ3v) is 1.97. The second kappa shape index (κ2) is 4.20. The zero-order chi connectivity index (χ0) is 12.5. The molecule has 0 fully saturated rings. The van der Waals surface area contributed by atoms with Crippen molar-refractivity contribution in [2.45, 2.75) is 19.1 Å². The molecule has 0 atom stereocenters. The Morgan fingerprint density at radius 3 is 2.25 bits per heavy atom. The molecule has 0 spiro atoms. The first-order chi connectivity index (χ1) is 7.29. The summed E-state index contributed by atoms with van der Waals surface area (Å²) in [6, 6.07) is 0. The van der Waals surface area contributed by atoms with E-state index in [0.29, 0.717) is 6.20 Å². The summed E-state index contributed by atoms with van der Waals surface area (Å²) in [5.41, 5.74) is 7.12. The monoisotopic (exact) mass is 241 g/mol. The summed E-state index contributed by atoms with van der Waals surface area (Å²) in [5, 5.41) is 0. The van der Waals surface area contributed by atoms with Crippen LogP contribution in [0.5, 0.6) is 0 Å². The van der Waals surface area contributed by atoms with Crippen molar-refractivity contribution in [2.24, 2.45) is 5.73 Å². The summed E-state index contributed by atoms with van der Waals surface area (Å²) in [4.78, 5) is 3.10. The van der Waals surface area contributed by atoms with Gasteiger partial charge in [-0.1, -0.05) is 0 Å². The van der Waals surface area contributed by atoms with Gasteiger partial charge in [-0.3, -0.25) is 0 Å². The van der Waals surface area contributed by atoms with Gasteiger partial charge < -0.3 is 11.5 Å². The Kier molecular flexibility index (Phi) is 3.32. The number of hydrogen-bond acceptors (Lipinski definition) is 3. The number of rotatable bonds is 2. The molecule has 0 unspecified atom stereocenters. The van der Waals surface area contributed by atoms with E-state index in [4.69, 9.17) is 11.5 Å². The zero-order valence-corrected chi connectivity index (χ0v) is 7.85. The zero-order valence-electron chi connectivity index (χ0n) is 7.85. The molecule has 0 radical (unpaired) electrons. The van der Waals surface area contributed by atoms with E-state index in [1.807, 2.05) is 0 Å². The lowest BCUT2D eigenvalue weighted by Crippen LogP contribution is -2.18. The van der Waals surface area contributed by atoms with Gasteiger partial charge in [-0.2, -0.15) is 13.2 Å². The van der Waals surface area contributed by atoms with E-state index in [0.717, 1.165) is 0 Å². The Balaban J connectivity index is 3.51. The van der Waals surface area contributed by atoms with Crippen LogP contribution in [0.2, 0.25) is 0 Å². The molecular weight excluding hydrogens is 233 g/mol. The van der Waals surface area contributed by atoms with Gasteiger partial charge in [-0.15, -0.1) is 0 Å². The molecule has 16 heavy (non-hydrogen) atoms. The maximum absolute atomic E-state index is 12.5. The fourth-order valence-electron chi connectivity index (χ4n) is 1.30. The van der Waals surface area contributed by atoms with Gasteiger partial charge in [0.1, 0.15) is 11.4 Å². The molecule has 0 aliphatic heterocycles. The minimum atomic E-state index is -4.85. The molecular formula is C8H8F5N3. The molecule has 3 nitrogen and oxygen atoms in total. The number of aromatic nitrogens is 1. The van der Waals surface area contributed by atoms with E-state index < -0.39 is 41.7 Å². The van der Waals surface area contributed by atoms with Crippen LogP contribution in [0, 0.1) is 0 Å². The molecule has 0 aromatic carbocycles. The third kappa shape index (κ3) is 2.21. The lowest BCUT2D eigenvalue weighted by Gasteiger charge is -2.16. The first-order valence-electron chi connectivity index (χ1n) is 4.11. The minimum absolute atomic E-state index is 0.609. The number of halogens is 5. The number of hydrogen-bond donors (Lipinski definition) is 2. The lowest BCUT2D eigenvalue weighted by molar-refractivity contribution is -0.137. The second-order valence-corrected chi connectivity index (χ2v) is 2.95. The van der Waals surface area contributed by atoms with Crippen molar-refractivity contribution in [2.75, 3.05) is 5.73 Å². The second-order valence-electron chi connectivity index (χ2n) is 2.95. The highest BCUT2D eigenvalue weighted by Crippen LogP contribution is 2.38. The molecule has 4 N–H and O–H groups in total. The number of pyridine rings is 1. The summed E-state index contributed by atoms with van der Waals surface area (Å²) in [7, 11) is 0. The smallest absolute Gasteiger partial charge is 0.383 e. The van der Waals surface area contributed by atoms with Crippen molar-refractivity contribution in [3.63, 3.8) is 0 Å². The summed E-state index contributed by atoms with van der Waals surface area (Å²) in [6.07, 6.45) is -7.32. The minimum Gasteiger partial charge on any atom is -0.383 e. The fraction of sp³-hybridized carbons (Fsp3) is 0.375. The SMILES string of the molecule is NCc1c(C(F)F)cnc(N)c1C(F)(F)F. The largest absolute Gasteiger partial charge is 0.420 e. The molecule has 1 aromatic rings. The van der Waals surface area contributed by atoms with Crippen molar-refractivity contribution in [1.29, 1.82) is 0 Å². The molecule has 1 aromatic heterocycles. The van der Waals surface area contributed by atoms with E-state index in [2.05, 4.69) is 4.98 Å². The number of nitrogen functional groups attached to an aromatic ring is 1. The quantitative estimate of drug-likeness (QED) is 0.779. The molecule has 8 heteroatoms. The Morgan fingerprint density at radius 1 is 1.31 bits per heavy atom. The van der Waals surface area contributed by atoms with E-state index in [1.54, 1.807) is 0 Å². The molecule has 1 rings (SSSR count). The number of nitrogens with zero attached hydrogens (tertiary/aromatic N) is 1. The average Bonchev–Trinajstić information content (AvgIpc) is 2.14. The van der Waals surface area contributed by atoms with Crippen LogP contribution >= 0.6 is 0 Å². The van der Waals surface area contributed by atoms with Gasteiger partial charge in [0.05, 0.1) is 0 Å². The van der Waals surface area contributed by atoms with Crippen molar-refractivity contribution >= 4 is 5.82 Å². The average molecular weight is 241 g/mol. The fourth-order valence-corrected chi connectivity index (χ4v) is 1.30. The van der Waals surface area contributed by atoms with Crippen molar-refractivity contribution < 1.29 is 22.0 Å². The van der Waals surface area contributed by atoms with Crippen LogP contribution in [-0.2, 0) is 12.7 Å². The van der Waals surface area contributed by atoms with E-state index >= 15 is 0 Å². The van der Waals surface area contributed by atoms with Gasteiger partial charge in [0, 0.05) is 18.3 Å². The molecule has 0 saturated heterocycles. The maximum Gasteiger partial charge on any atom is 0.420 e. The Morgan fingerprint density at radius 2 is 1.88 bits per heavy atom. The van der Waals surface area contributed by atoms with Gasteiger partial charge in [0.2, 0.25) is 0 Å². The molecule has 0 amide bonds. The highest BCUT2D eigenvalue weighted by Gasteiger charge is 2.38. The standard InChI is InChI=1S/C8H8F5N3/c9-6(10)4-2-16-7(15)5(3(4)1-14)8(11,12)13/h2,6H,1,14H2,(H2,15,16). The van der Waals surface area contributed by atoms with Gasteiger partial charge in [0.25, 0.3) is 6.43 Å². The van der Waals surface area contributed by atoms with Crippen molar-refractivity contribution in [1.82, 2.24) is 4.98 Å². The molecule has 90 valence electrons. The van der Waals surface area contributed by atoms with Gasteiger partial charge >= 0.3 is 6.18 Å². The summed E-state index contributed by atoms with van der Waals surface area (Å²) >= 11 is 0. The normalized spacial score (nSPS) is 12.2. The van der Waals surface area contributed by atoms with Crippen LogP contribution in [-0.4, -0.2) is 4.98 Å². The lowest BCUT2D eigenvalue weighted by atomic mass is 10.0. The summed E-state index contributed by atoms with van der Waals surface area (Å²) in [6.45, 7) is -0.679. The van der Waals surface area contributed by atoms with Crippen molar-refractivity contribution in [3.05, 3.63) is 22.9 Å². The van der Waals surface area contributed by atoms with Gasteiger partial charge in [0.15, 0.2) is 0 Å². The summed E-state index contributed by atoms with van der Waals surface area (Å²) < 4.78 is 62.4. The van der Waals surface area contributed by atoms with E-state index in [1.165, 1.54) is 0 Å². The van der Waals surface area contributed by atoms with Crippen LogP contribution in [0.15, 0.2) is 6.20 Å². The predicted molar refractivity (Wildman–Crippen MR) is 46.5 cm³/mol. The molecule has 0 aliphatic rings. The Bertz CT molecular complexity index is 388. The highest BCUT2D eigenvalue weighted by atomic mass is 19.4. The van der Waals surface area contributed by atoms with E-state index in [-0.39, 0.29) is 0 Å². The predicted octanol–water partition coefficient (Wildman–Crippen LogP) is 2.08. The number of alkyl halides is 5. The van der Waals surface area contributed by atoms with E-state index in [9.17, 15) is 22.0 Å². The highest BCUT2D eigenvalue weighted by molar-refractivity contribution is 5.50. The molecule has 0 aliphatic carbocycles. The first-order valence-corrected chi connectivity index (χ1v) is 4.11. The van der Waals surface area contributed by atoms with Gasteiger partial charge in [-0.05, 0) is 5.56 Å². The van der Waals surface area contributed by atoms with Crippen LogP contribution in [0.25, 0.3) is 0 Å². The van der Waals surface area contributed by atoms with Crippen LogP contribution in [0.4, 0.5) is 27.8 Å². The molecule has 0 saturated carbocycles. The third-order valence-electron chi connectivity index (χ3n) is 1.97. The van der Waals surface area contributed by atoms with Crippen LogP contribution < -0.4 is 11.5 Å². The topological polar surface area (TPSA) is 64.9 Å². The van der Waals surface area contributed by atoms with Crippen molar-refractivity contribution in [3.8, 4) is 0 Å². The molecule has 0 bridgehead atoms. The summed E-state index contributed by atoms with van der Waals surface area (Å²) in [5.74, 6) is -0.850. The maximum atomic E-state index is 12.5. The number of nitrogens with two attached hydrogens (primary N) is 2. The molecule has 1 heterocycles. The number of anilines is 1.